The maximum absolute atomic E-state index is 5.09. The molecule has 2 nitrogen and oxygen atoms in total. The first-order chi connectivity index (χ1) is 3.31. The Morgan fingerprint density at radius 2 is 2.00 bits per heavy atom. The quantitative estimate of drug-likeness (QED) is 0.666. The molecule has 9 heavy (non-hydrogen) atoms. The standard InChI is InChI=1S/C4H9NOS.2ClH/c1-2-6-4(7)3-5;;/h2-3,5H2,1H3;2*1H. The predicted octanol–water partition coefficient (Wildman–Crippen LogP) is 1.15. The zero-order valence-electron chi connectivity index (χ0n) is 5.12. The SMILES string of the molecule is CCOC(=S)CN.Cl.Cl. The Kier molecular flexibility index (Phi) is 20.3. The van der Waals surface area contributed by atoms with E-state index in [4.69, 9.17) is 10.5 Å². The second kappa shape index (κ2) is 11.3. The van der Waals surface area contributed by atoms with Gasteiger partial charge in [0.05, 0.1) is 13.2 Å². The third-order valence-electron chi connectivity index (χ3n) is 0.472. The van der Waals surface area contributed by atoms with E-state index in [2.05, 4.69) is 12.2 Å². The van der Waals surface area contributed by atoms with Gasteiger partial charge in [-0.05, 0) is 19.1 Å². The number of rotatable bonds is 2. The zero-order valence-corrected chi connectivity index (χ0v) is 7.57. The van der Waals surface area contributed by atoms with Crippen LogP contribution in [0.2, 0.25) is 0 Å². The molecular weight excluding hydrogens is 181 g/mol. The van der Waals surface area contributed by atoms with E-state index >= 15 is 0 Å². The fraction of sp³-hybridized carbons (Fsp3) is 0.750. The molecular formula is C4H11Cl2NOS. The molecule has 0 saturated heterocycles. The van der Waals surface area contributed by atoms with E-state index < -0.39 is 0 Å². The molecule has 0 radical (unpaired) electrons. The first-order valence-electron chi connectivity index (χ1n) is 2.17. The van der Waals surface area contributed by atoms with E-state index in [9.17, 15) is 0 Å². The first kappa shape index (κ1) is 16.2. The summed E-state index contributed by atoms with van der Waals surface area (Å²) in [4.78, 5) is 0. The van der Waals surface area contributed by atoms with Crippen molar-refractivity contribution in [2.24, 2.45) is 5.73 Å². The highest BCUT2D eigenvalue weighted by atomic mass is 35.5. The van der Waals surface area contributed by atoms with E-state index in [1.165, 1.54) is 0 Å². The fourth-order valence-electron chi connectivity index (χ4n) is 0.220. The van der Waals surface area contributed by atoms with Crippen LogP contribution in [0.3, 0.4) is 0 Å². The van der Waals surface area contributed by atoms with Crippen LogP contribution >= 0.6 is 37.0 Å². The maximum atomic E-state index is 5.09. The molecule has 0 saturated carbocycles. The summed E-state index contributed by atoms with van der Waals surface area (Å²) in [6.07, 6.45) is 0. The fourth-order valence-corrected chi connectivity index (χ4v) is 0.338. The van der Waals surface area contributed by atoms with Crippen LogP contribution in [0.4, 0.5) is 0 Å². The molecule has 0 aromatic rings. The van der Waals surface area contributed by atoms with Gasteiger partial charge < -0.3 is 10.5 Å². The third-order valence-corrected chi connectivity index (χ3v) is 0.757. The van der Waals surface area contributed by atoms with Crippen LogP contribution in [0, 0.1) is 0 Å². The Bertz CT molecular complexity index is 71.6. The summed E-state index contributed by atoms with van der Waals surface area (Å²) in [5.41, 5.74) is 5.09. The van der Waals surface area contributed by atoms with Gasteiger partial charge in [-0.2, -0.15) is 0 Å². The third kappa shape index (κ3) is 11.8. The van der Waals surface area contributed by atoms with Crippen molar-refractivity contribution in [1.82, 2.24) is 0 Å². The van der Waals surface area contributed by atoms with Crippen LogP contribution in [0.5, 0.6) is 0 Å². The monoisotopic (exact) mass is 191 g/mol. The summed E-state index contributed by atoms with van der Waals surface area (Å²) < 4.78 is 4.80. The minimum Gasteiger partial charge on any atom is -0.486 e. The average Bonchev–Trinajstić information content (AvgIpc) is 1.68. The second-order valence-corrected chi connectivity index (χ2v) is 1.46. The van der Waals surface area contributed by atoms with E-state index in [0.29, 0.717) is 18.2 Å². The molecule has 0 aromatic carbocycles. The molecule has 0 atom stereocenters. The zero-order chi connectivity index (χ0) is 5.70. The smallest absolute Gasteiger partial charge is 0.173 e. The van der Waals surface area contributed by atoms with Crippen molar-refractivity contribution in [3.8, 4) is 0 Å². The van der Waals surface area contributed by atoms with Crippen LogP contribution < -0.4 is 5.73 Å². The molecule has 0 aliphatic carbocycles. The van der Waals surface area contributed by atoms with E-state index in [1.54, 1.807) is 0 Å². The minimum atomic E-state index is 0. The van der Waals surface area contributed by atoms with Gasteiger partial charge in [0.1, 0.15) is 0 Å². The molecule has 0 unspecified atom stereocenters. The van der Waals surface area contributed by atoms with Gasteiger partial charge in [0, 0.05) is 0 Å². The minimum absolute atomic E-state index is 0. The highest BCUT2D eigenvalue weighted by Crippen LogP contribution is 1.75. The Labute approximate surface area is 73.0 Å². The lowest BCUT2D eigenvalue weighted by Crippen LogP contribution is -2.14. The van der Waals surface area contributed by atoms with Gasteiger partial charge in [-0.3, -0.25) is 0 Å². The van der Waals surface area contributed by atoms with Gasteiger partial charge in [0.15, 0.2) is 5.05 Å². The van der Waals surface area contributed by atoms with Crippen LogP contribution in [0.25, 0.3) is 0 Å². The first-order valence-corrected chi connectivity index (χ1v) is 2.57. The Morgan fingerprint density at radius 1 is 1.56 bits per heavy atom. The van der Waals surface area contributed by atoms with Crippen molar-refractivity contribution in [1.29, 1.82) is 0 Å². The number of hydrogen-bond acceptors (Lipinski definition) is 3. The van der Waals surface area contributed by atoms with Gasteiger partial charge >= 0.3 is 0 Å². The number of hydrogen-bond donors (Lipinski definition) is 1. The number of thiocarbonyl (C=S) groups is 1. The molecule has 5 heteroatoms. The van der Waals surface area contributed by atoms with Gasteiger partial charge in [-0.15, -0.1) is 24.8 Å². The van der Waals surface area contributed by atoms with E-state index in [0.717, 1.165) is 0 Å². The summed E-state index contributed by atoms with van der Waals surface area (Å²) in [6, 6.07) is 0. The van der Waals surface area contributed by atoms with Crippen LogP contribution in [-0.2, 0) is 4.74 Å². The highest BCUT2D eigenvalue weighted by molar-refractivity contribution is 7.80. The molecule has 0 rings (SSSR count). The molecule has 0 bridgehead atoms. The van der Waals surface area contributed by atoms with Gasteiger partial charge in [0.25, 0.3) is 0 Å². The normalized spacial score (nSPS) is 6.44. The Hall–Kier alpha value is 0.430. The lowest BCUT2D eigenvalue weighted by Gasteiger charge is -1.97. The molecule has 0 amide bonds. The van der Waals surface area contributed by atoms with Crippen LogP contribution in [0.1, 0.15) is 6.92 Å². The maximum Gasteiger partial charge on any atom is 0.173 e. The van der Waals surface area contributed by atoms with Gasteiger partial charge in [-0.1, -0.05) is 0 Å². The van der Waals surface area contributed by atoms with Crippen molar-refractivity contribution in [2.75, 3.05) is 13.2 Å². The van der Waals surface area contributed by atoms with Gasteiger partial charge in [0.2, 0.25) is 0 Å². The molecule has 0 aliphatic heterocycles. The van der Waals surface area contributed by atoms with Crippen molar-refractivity contribution in [2.45, 2.75) is 6.92 Å². The molecule has 58 valence electrons. The summed E-state index contributed by atoms with van der Waals surface area (Å²) in [5, 5.41) is 0.488. The molecule has 0 heterocycles. The Balaban J connectivity index is -0.000000180. The van der Waals surface area contributed by atoms with E-state index in [1.807, 2.05) is 6.92 Å². The lowest BCUT2D eigenvalue weighted by atomic mass is 10.7. The average molecular weight is 192 g/mol. The number of halogens is 2. The number of nitrogens with two attached hydrogens (primary N) is 1. The van der Waals surface area contributed by atoms with Crippen molar-refractivity contribution >= 4 is 42.1 Å². The van der Waals surface area contributed by atoms with Crippen molar-refractivity contribution in [3.05, 3.63) is 0 Å². The lowest BCUT2D eigenvalue weighted by molar-refractivity contribution is 0.331. The second-order valence-electron chi connectivity index (χ2n) is 1.01. The molecule has 2 N–H and O–H groups in total. The molecule has 0 spiro atoms. The van der Waals surface area contributed by atoms with Crippen molar-refractivity contribution in [3.63, 3.8) is 0 Å². The summed E-state index contributed by atoms with van der Waals surface area (Å²) in [7, 11) is 0. The molecule has 0 aliphatic rings. The molecule has 0 aromatic heterocycles. The van der Waals surface area contributed by atoms with Crippen molar-refractivity contribution < 1.29 is 4.74 Å². The largest absolute Gasteiger partial charge is 0.486 e. The van der Waals surface area contributed by atoms with Crippen LogP contribution in [0.15, 0.2) is 0 Å². The summed E-state index contributed by atoms with van der Waals surface area (Å²) in [6.45, 7) is 2.85. The van der Waals surface area contributed by atoms with Crippen LogP contribution in [-0.4, -0.2) is 18.2 Å². The summed E-state index contributed by atoms with van der Waals surface area (Å²) >= 11 is 4.61. The summed E-state index contributed by atoms with van der Waals surface area (Å²) in [5.74, 6) is 0. The van der Waals surface area contributed by atoms with E-state index in [-0.39, 0.29) is 24.8 Å². The molecule has 0 fully saturated rings. The number of ether oxygens (including phenoxy) is 1. The Morgan fingerprint density at radius 3 is 2.11 bits per heavy atom. The highest BCUT2D eigenvalue weighted by Gasteiger charge is 1.85. The topological polar surface area (TPSA) is 35.2 Å². The van der Waals surface area contributed by atoms with Gasteiger partial charge in [-0.25, -0.2) is 0 Å². The predicted molar refractivity (Wildman–Crippen MR) is 47.8 cm³/mol.